The highest BCUT2D eigenvalue weighted by Gasteiger charge is 2.25. The summed E-state index contributed by atoms with van der Waals surface area (Å²) in [6, 6.07) is 5.39. The van der Waals surface area contributed by atoms with E-state index in [1.165, 1.54) is 12.1 Å². The van der Waals surface area contributed by atoms with E-state index in [9.17, 15) is 14.0 Å². The maximum absolute atomic E-state index is 13.1. The molecule has 0 aliphatic rings. The third-order valence-electron chi connectivity index (χ3n) is 3.87. The van der Waals surface area contributed by atoms with Crippen molar-refractivity contribution in [2.45, 2.75) is 52.6 Å². The van der Waals surface area contributed by atoms with Crippen LogP contribution in [0.5, 0.6) is 0 Å². The van der Waals surface area contributed by atoms with E-state index in [1.54, 1.807) is 24.0 Å². The van der Waals surface area contributed by atoms with Crippen LogP contribution >= 0.6 is 0 Å². The standard InChI is InChI=1S/C19H29FN2O3/c1-4-7-18(23)22(14-16-8-10-17(20)11-9-16)15(3)19(24)21-12-6-13-25-5-2/h8-11,15H,4-7,12-14H2,1-3H3,(H,21,24)/t15-/m0/s1. The second-order valence-corrected chi connectivity index (χ2v) is 5.92. The van der Waals surface area contributed by atoms with E-state index in [1.807, 2.05) is 13.8 Å². The number of nitrogens with zero attached hydrogens (tertiary/aromatic N) is 1. The molecule has 0 aliphatic carbocycles. The summed E-state index contributed by atoms with van der Waals surface area (Å²) in [5.41, 5.74) is 0.793. The van der Waals surface area contributed by atoms with Gasteiger partial charge in [0.05, 0.1) is 0 Å². The van der Waals surface area contributed by atoms with Crippen molar-refractivity contribution in [2.24, 2.45) is 0 Å². The second kappa shape index (κ2) is 11.6. The predicted molar refractivity (Wildman–Crippen MR) is 95.4 cm³/mol. The summed E-state index contributed by atoms with van der Waals surface area (Å²) < 4.78 is 18.3. The fourth-order valence-electron chi connectivity index (χ4n) is 2.40. The van der Waals surface area contributed by atoms with Crippen molar-refractivity contribution >= 4 is 11.8 Å². The summed E-state index contributed by atoms with van der Waals surface area (Å²) in [5, 5.41) is 2.84. The van der Waals surface area contributed by atoms with Crippen LogP contribution in [0.1, 0.15) is 45.6 Å². The van der Waals surface area contributed by atoms with Gasteiger partial charge in [-0.15, -0.1) is 0 Å². The molecular weight excluding hydrogens is 323 g/mol. The monoisotopic (exact) mass is 352 g/mol. The topological polar surface area (TPSA) is 58.6 Å². The average molecular weight is 352 g/mol. The molecule has 0 aromatic heterocycles. The fourth-order valence-corrected chi connectivity index (χ4v) is 2.40. The van der Waals surface area contributed by atoms with Crippen LogP contribution in [0, 0.1) is 5.82 Å². The SMILES string of the molecule is CCCC(=O)N(Cc1ccc(F)cc1)[C@@H](C)C(=O)NCCCOCC. The first-order chi connectivity index (χ1) is 12.0. The average Bonchev–Trinajstić information content (AvgIpc) is 2.60. The zero-order chi connectivity index (χ0) is 18.7. The van der Waals surface area contributed by atoms with Crippen molar-refractivity contribution in [3.8, 4) is 0 Å². The minimum Gasteiger partial charge on any atom is -0.382 e. The Morgan fingerprint density at radius 3 is 2.52 bits per heavy atom. The Bertz CT molecular complexity index is 534. The van der Waals surface area contributed by atoms with E-state index < -0.39 is 6.04 Å². The number of hydrogen-bond donors (Lipinski definition) is 1. The third kappa shape index (κ3) is 7.65. The molecule has 0 unspecified atom stereocenters. The summed E-state index contributed by atoms with van der Waals surface area (Å²) in [6.07, 6.45) is 1.82. The smallest absolute Gasteiger partial charge is 0.242 e. The van der Waals surface area contributed by atoms with Gasteiger partial charge in [0.15, 0.2) is 0 Å². The van der Waals surface area contributed by atoms with Gasteiger partial charge in [-0.05, 0) is 44.4 Å². The van der Waals surface area contributed by atoms with Gasteiger partial charge < -0.3 is 15.0 Å². The van der Waals surface area contributed by atoms with Gasteiger partial charge in [0.25, 0.3) is 0 Å². The number of rotatable bonds is 11. The first kappa shape index (κ1) is 21.1. The minimum absolute atomic E-state index is 0.0798. The molecule has 25 heavy (non-hydrogen) atoms. The Kier molecular flexibility index (Phi) is 9.77. The summed E-state index contributed by atoms with van der Waals surface area (Å²) in [4.78, 5) is 26.3. The number of halogens is 1. The highest BCUT2D eigenvalue weighted by Crippen LogP contribution is 2.12. The number of ether oxygens (including phenoxy) is 1. The molecule has 5 nitrogen and oxygen atoms in total. The van der Waals surface area contributed by atoms with Gasteiger partial charge in [-0.1, -0.05) is 19.1 Å². The van der Waals surface area contributed by atoms with Crippen LogP contribution in [-0.2, 0) is 20.9 Å². The molecule has 1 aromatic carbocycles. The first-order valence-corrected chi connectivity index (χ1v) is 8.88. The van der Waals surface area contributed by atoms with Gasteiger partial charge in [-0.25, -0.2) is 4.39 Å². The van der Waals surface area contributed by atoms with Gasteiger partial charge in [0, 0.05) is 32.7 Å². The maximum Gasteiger partial charge on any atom is 0.242 e. The second-order valence-electron chi connectivity index (χ2n) is 5.92. The molecule has 0 radical (unpaired) electrons. The normalized spacial score (nSPS) is 11.8. The van der Waals surface area contributed by atoms with Gasteiger partial charge in [-0.3, -0.25) is 9.59 Å². The molecule has 0 spiro atoms. The molecule has 0 bridgehead atoms. The lowest BCUT2D eigenvalue weighted by atomic mass is 10.1. The number of benzene rings is 1. The molecule has 0 aliphatic heterocycles. The molecule has 0 saturated heterocycles. The van der Waals surface area contributed by atoms with Crippen molar-refractivity contribution < 1.29 is 18.7 Å². The van der Waals surface area contributed by atoms with Gasteiger partial charge in [0.1, 0.15) is 11.9 Å². The predicted octanol–water partition coefficient (Wildman–Crippen LogP) is 2.89. The Hall–Kier alpha value is -1.95. The van der Waals surface area contributed by atoms with E-state index >= 15 is 0 Å². The Morgan fingerprint density at radius 2 is 1.92 bits per heavy atom. The Morgan fingerprint density at radius 1 is 1.24 bits per heavy atom. The summed E-state index contributed by atoms with van der Waals surface area (Å²) in [7, 11) is 0. The molecule has 0 saturated carbocycles. The number of amides is 2. The Balaban J connectivity index is 2.68. The number of nitrogens with one attached hydrogen (secondary N) is 1. The van der Waals surface area contributed by atoms with Crippen LogP contribution in [-0.4, -0.2) is 42.5 Å². The zero-order valence-electron chi connectivity index (χ0n) is 15.4. The highest BCUT2D eigenvalue weighted by atomic mass is 19.1. The van der Waals surface area contributed by atoms with E-state index in [0.29, 0.717) is 32.6 Å². The lowest BCUT2D eigenvalue weighted by molar-refractivity contribution is -0.140. The highest BCUT2D eigenvalue weighted by molar-refractivity contribution is 5.87. The quantitative estimate of drug-likeness (QED) is 0.623. The van der Waals surface area contributed by atoms with E-state index in [0.717, 1.165) is 12.0 Å². The van der Waals surface area contributed by atoms with Crippen LogP contribution in [0.15, 0.2) is 24.3 Å². The number of carbonyl (C=O) groups is 2. The van der Waals surface area contributed by atoms with Crippen molar-refractivity contribution in [3.05, 3.63) is 35.6 Å². The van der Waals surface area contributed by atoms with Crippen LogP contribution in [0.4, 0.5) is 4.39 Å². The lowest BCUT2D eigenvalue weighted by Gasteiger charge is -2.28. The molecule has 1 aromatic rings. The van der Waals surface area contributed by atoms with Crippen LogP contribution in [0.3, 0.4) is 0 Å². The Labute approximate surface area is 149 Å². The molecule has 2 amide bonds. The number of carbonyl (C=O) groups excluding carboxylic acids is 2. The van der Waals surface area contributed by atoms with E-state index in [4.69, 9.17) is 4.74 Å². The largest absolute Gasteiger partial charge is 0.382 e. The summed E-state index contributed by atoms with van der Waals surface area (Å²) in [6.45, 7) is 7.61. The number of hydrogen-bond acceptors (Lipinski definition) is 3. The third-order valence-corrected chi connectivity index (χ3v) is 3.87. The molecule has 6 heteroatoms. The van der Waals surface area contributed by atoms with Gasteiger partial charge >= 0.3 is 0 Å². The van der Waals surface area contributed by atoms with E-state index in [-0.39, 0.29) is 24.2 Å². The molecular formula is C19H29FN2O3. The molecule has 1 N–H and O–H groups in total. The van der Waals surface area contributed by atoms with Crippen LogP contribution in [0.2, 0.25) is 0 Å². The summed E-state index contributed by atoms with van der Waals surface area (Å²) >= 11 is 0. The maximum atomic E-state index is 13.1. The lowest BCUT2D eigenvalue weighted by Crippen LogP contribution is -2.47. The van der Waals surface area contributed by atoms with Gasteiger partial charge in [0.2, 0.25) is 11.8 Å². The molecule has 140 valence electrons. The molecule has 0 fully saturated rings. The first-order valence-electron chi connectivity index (χ1n) is 8.88. The van der Waals surface area contributed by atoms with Crippen LogP contribution < -0.4 is 5.32 Å². The van der Waals surface area contributed by atoms with Crippen molar-refractivity contribution in [2.75, 3.05) is 19.8 Å². The van der Waals surface area contributed by atoms with E-state index in [2.05, 4.69) is 5.32 Å². The van der Waals surface area contributed by atoms with Gasteiger partial charge in [-0.2, -0.15) is 0 Å². The zero-order valence-corrected chi connectivity index (χ0v) is 15.4. The fraction of sp³-hybridized carbons (Fsp3) is 0.579. The minimum atomic E-state index is -0.587. The molecule has 1 atom stereocenters. The van der Waals surface area contributed by atoms with Crippen molar-refractivity contribution in [1.29, 1.82) is 0 Å². The van der Waals surface area contributed by atoms with Crippen molar-refractivity contribution in [3.63, 3.8) is 0 Å². The van der Waals surface area contributed by atoms with Crippen molar-refractivity contribution in [1.82, 2.24) is 10.2 Å². The van der Waals surface area contributed by atoms with Crippen LogP contribution in [0.25, 0.3) is 0 Å². The molecule has 0 heterocycles. The molecule has 1 rings (SSSR count). The summed E-state index contributed by atoms with van der Waals surface area (Å²) in [5.74, 6) is -0.595.